The van der Waals surface area contributed by atoms with Gasteiger partial charge in [0.1, 0.15) is 10.3 Å². The molecule has 0 unspecified atom stereocenters. The molecule has 0 amide bonds. The van der Waals surface area contributed by atoms with Gasteiger partial charge in [-0.25, -0.2) is 4.98 Å². The molecule has 0 saturated heterocycles. The summed E-state index contributed by atoms with van der Waals surface area (Å²) in [6.07, 6.45) is 1.68. The largest absolute Gasteiger partial charge is 0.330 e. The number of rotatable bonds is 4. The topological polar surface area (TPSA) is 64.9 Å². The first-order valence-electron chi connectivity index (χ1n) is 4.42. The van der Waals surface area contributed by atoms with Crippen LogP contribution in [0.2, 0.25) is 10.3 Å². The number of aromatic nitrogens is 1. The van der Waals surface area contributed by atoms with Gasteiger partial charge in [0, 0.05) is 11.6 Å². The first-order valence-corrected chi connectivity index (χ1v) is 5.18. The third kappa shape index (κ3) is 3.10. The highest BCUT2D eigenvalue weighted by atomic mass is 35.5. The number of hydrogen-bond donors (Lipinski definition) is 2. The molecule has 1 heterocycles. The summed E-state index contributed by atoms with van der Waals surface area (Å²) in [7, 11) is 0. The Hall–Kier alpha value is -0.350. The molecule has 0 spiro atoms. The first-order chi connectivity index (χ1) is 6.65. The average molecular weight is 234 g/mol. The van der Waals surface area contributed by atoms with Crippen molar-refractivity contribution in [2.24, 2.45) is 11.5 Å². The summed E-state index contributed by atoms with van der Waals surface area (Å²) in [5.74, 6) is 0. The van der Waals surface area contributed by atoms with Gasteiger partial charge in [0.15, 0.2) is 0 Å². The number of hydrogen-bond acceptors (Lipinski definition) is 3. The van der Waals surface area contributed by atoms with E-state index in [0.29, 0.717) is 16.9 Å². The van der Waals surface area contributed by atoms with Gasteiger partial charge in [0.2, 0.25) is 0 Å². The Balaban J connectivity index is 2.74. The van der Waals surface area contributed by atoms with Crippen molar-refractivity contribution in [2.75, 3.05) is 6.54 Å². The first kappa shape index (κ1) is 11.7. The molecule has 14 heavy (non-hydrogen) atoms. The third-order valence-corrected chi connectivity index (χ3v) is 2.48. The van der Waals surface area contributed by atoms with Gasteiger partial charge >= 0.3 is 0 Å². The van der Waals surface area contributed by atoms with Gasteiger partial charge in [-0.05, 0) is 25.5 Å². The van der Waals surface area contributed by atoms with Crippen LogP contribution in [0.3, 0.4) is 0 Å². The fourth-order valence-corrected chi connectivity index (χ4v) is 1.68. The molecule has 0 saturated carbocycles. The zero-order valence-electron chi connectivity index (χ0n) is 7.71. The molecule has 0 aliphatic carbocycles. The van der Waals surface area contributed by atoms with Crippen LogP contribution < -0.4 is 11.5 Å². The standard InChI is InChI=1S/C9H13Cl2N3/c10-8-4-3-6(9(11)14-8)7(13)2-1-5-12/h3-4,7H,1-2,5,12-13H2/t7-/m1/s1. The van der Waals surface area contributed by atoms with Gasteiger partial charge in [0.05, 0.1) is 0 Å². The van der Waals surface area contributed by atoms with Crippen LogP contribution in [0.4, 0.5) is 0 Å². The van der Waals surface area contributed by atoms with Crippen molar-refractivity contribution in [3.8, 4) is 0 Å². The lowest BCUT2D eigenvalue weighted by atomic mass is 10.1. The summed E-state index contributed by atoms with van der Waals surface area (Å²) in [5.41, 5.74) is 12.1. The summed E-state index contributed by atoms with van der Waals surface area (Å²) in [4.78, 5) is 3.92. The molecule has 4 N–H and O–H groups in total. The molecule has 1 aromatic heterocycles. The Morgan fingerprint density at radius 2 is 2.07 bits per heavy atom. The van der Waals surface area contributed by atoms with E-state index in [1.54, 1.807) is 12.1 Å². The number of halogens is 2. The van der Waals surface area contributed by atoms with E-state index in [2.05, 4.69) is 4.98 Å². The molecule has 78 valence electrons. The van der Waals surface area contributed by atoms with Crippen LogP contribution in [0.5, 0.6) is 0 Å². The lowest BCUT2D eigenvalue weighted by Crippen LogP contribution is -2.13. The molecule has 1 rings (SSSR count). The van der Waals surface area contributed by atoms with Crippen molar-refractivity contribution in [1.29, 1.82) is 0 Å². The molecular formula is C9H13Cl2N3. The minimum Gasteiger partial charge on any atom is -0.330 e. The van der Waals surface area contributed by atoms with Gasteiger partial charge < -0.3 is 11.5 Å². The molecule has 0 aliphatic rings. The predicted molar refractivity (Wildman–Crippen MR) is 59.5 cm³/mol. The van der Waals surface area contributed by atoms with Crippen LogP contribution in [-0.4, -0.2) is 11.5 Å². The van der Waals surface area contributed by atoms with E-state index in [0.717, 1.165) is 18.4 Å². The van der Waals surface area contributed by atoms with E-state index < -0.39 is 0 Å². The van der Waals surface area contributed by atoms with Crippen molar-refractivity contribution in [2.45, 2.75) is 18.9 Å². The number of nitrogens with two attached hydrogens (primary N) is 2. The van der Waals surface area contributed by atoms with Crippen LogP contribution in [-0.2, 0) is 0 Å². The van der Waals surface area contributed by atoms with E-state index in [-0.39, 0.29) is 6.04 Å². The molecule has 0 aromatic carbocycles. The summed E-state index contributed by atoms with van der Waals surface area (Å²) in [6.45, 7) is 0.631. The Bertz CT molecular complexity index is 304. The van der Waals surface area contributed by atoms with Gasteiger partial charge in [-0.15, -0.1) is 0 Å². The molecular weight excluding hydrogens is 221 g/mol. The smallest absolute Gasteiger partial charge is 0.135 e. The average Bonchev–Trinajstić information content (AvgIpc) is 2.14. The summed E-state index contributed by atoms with van der Waals surface area (Å²) < 4.78 is 0. The lowest BCUT2D eigenvalue weighted by Gasteiger charge is -2.12. The summed E-state index contributed by atoms with van der Waals surface area (Å²) in [5, 5.41) is 0.756. The van der Waals surface area contributed by atoms with E-state index in [9.17, 15) is 0 Å². The van der Waals surface area contributed by atoms with E-state index in [4.69, 9.17) is 34.7 Å². The SMILES string of the molecule is NCCC[C@@H](N)c1ccc(Cl)nc1Cl. The molecule has 0 aliphatic heterocycles. The monoisotopic (exact) mass is 233 g/mol. The minimum atomic E-state index is -0.115. The normalized spacial score (nSPS) is 12.9. The zero-order chi connectivity index (χ0) is 10.6. The molecule has 3 nitrogen and oxygen atoms in total. The molecule has 0 radical (unpaired) electrons. The van der Waals surface area contributed by atoms with E-state index in [1.165, 1.54) is 0 Å². The van der Waals surface area contributed by atoms with Crippen LogP contribution in [0.15, 0.2) is 12.1 Å². The van der Waals surface area contributed by atoms with Gasteiger partial charge in [-0.1, -0.05) is 29.3 Å². The fourth-order valence-electron chi connectivity index (χ4n) is 1.19. The van der Waals surface area contributed by atoms with E-state index >= 15 is 0 Å². The highest BCUT2D eigenvalue weighted by molar-refractivity contribution is 6.32. The van der Waals surface area contributed by atoms with Gasteiger partial charge in [0.25, 0.3) is 0 Å². The summed E-state index contributed by atoms with van der Waals surface area (Å²) in [6, 6.07) is 3.38. The molecule has 0 bridgehead atoms. The fraction of sp³-hybridized carbons (Fsp3) is 0.444. The summed E-state index contributed by atoms with van der Waals surface area (Å²) >= 11 is 11.6. The van der Waals surface area contributed by atoms with Crippen molar-refractivity contribution >= 4 is 23.2 Å². The van der Waals surface area contributed by atoms with Gasteiger partial charge in [-0.3, -0.25) is 0 Å². The second kappa shape index (κ2) is 5.51. The molecule has 1 aromatic rings. The molecule has 5 heteroatoms. The van der Waals surface area contributed by atoms with Crippen molar-refractivity contribution in [3.63, 3.8) is 0 Å². The van der Waals surface area contributed by atoms with Crippen LogP contribution in [0.1, 0.15) is 24.4 Å². The van der Waals surface area contributed by atoms with E-state index in [1.807, 2.05) is 0 Å². The minimum absolute atomic E-state index is 0.115. The second-order valence-electron chi connectivity index (χ2n) is 3.05. The van der Waals surface area contributed by atoms with Crippen LogP contribution in [0, 0.1) is 0 Å². The molecule has 1 atom stereocenters. The number of nitrogens with zero attached hydrogens (tertiary/aromatic N) is 1. The molecule has 0 fully saturated rings. The lowest BCUT2D eigenvalue weighted by molar-refractivity contribution is 0.616. The maximum Gasteiger partial charge on any atom is 0.135 e. The van der Waals surface area contributed by atoms with Crippen molar-refractivity contribution < 1.29 is 0 Å². The quantitative estimate of drug-likeness (QED) is 0.784. The highest BCUT2D eigenvalue weighted by Gasteiger charge is 2.10. The Kier molecular flexibility index (Phi) is 4.62. The van der Waals surface area contributed by atoms with Crippen molar-refractivity contribution in [3.05, 3.63) is 28.0 Å². The highest BCUT2D eigenvalue weighted by Crippen LogP contribution is 2.24. The predicted octanol–water partition coefficient (Wildman–Crippen LogP) is 2.13. The second-order valence-corrected chi connectivity index (χ2v) is 3.80. The Morgan fingerprint density at radius 1 is 1.36 bits per heavy atom. The zero-order valence-corrected chi connectivity index (χ0v) is 9.22. The Morgan fingerprint density at radius 3 is 2.64 bits per heavy atom. The number of pyridine rings is 1. The van der Waals surface area contributed by atoms with Gasteiger partial charge in [-0.2, -0.15) is 0 Å². The third-order valence-electron chi connectivity index (χ3n) is 1.96. The Labute approximate surface area is 93.4 Å². The maximum absolute atomic E-state index is 5.91. The maximum atomic E-state index is 5.91. The van der Waals surface area contributed by atoms with Crippen LogP contribution in [0.25, 0.3) is 0 Å². The van der Waals surface area contributed by atoms with Crippen molar-refractivity contribution in [1.82, 2.24) is 4.98 Å². The van der Waals surface area contributed by atoms with Crippen LogP contribution >= 0.6 is 23.2 Å².